The molecule has 0 aromatic heterocycles. The highest BCUT2D eigenvalue weighted by Gasteiger charge is 2.29. The van der Waals surface area contributed by atoms with Crippen molar-refractivity contribution >= 4 is 11.8 Å². The fourth-order valence-corrected chi connectivity index (χ4v) is 3.50. The fourth-order valence-electron chi connectivity index (χ4n) is 3.50. The molecule has 174 valence electrons. The first-order valence-electron chi connectivity index (χ1n) is 11.2. The van der Waals surface area contributed by atoms with E-state index in [1.165, 1.54) is 0 Å². The van der Waals surface area contributed by atoms with Crippen molar-refractivity contribution in [3.05, 3.63) is 65.2 Å². The van der Waals surface area contributed by atoms with Crippen molar-refractivity contribution in [1.29, 1.82) is 0 Å². The third-order valence-corrected chi connectivity index (χ3v) is 5.15. The largest absolute Gasteiger partial charge is 0.483 e. The average molecular weight is 439 g/mol. The lowest BCUT2D eigenvalue weighted by atomic mass is 9.86. The molecule has 0 saturated heterocycles. The van der Waals surface area contributed by atoms with E-state index in [0.717, 1.165) is 16.7 Å². The minimum absolute atomic E-state index is 0.110. The van der Waals surface area contributed by atoms with Crippen LogP contribution >= 0.6 is 0 Å². The van der Waals surface area contributed by atoms with Crippen molar-refractivity contribution in [3.63, 3.8) is 0 Å². The Morgan fingerprint density at radius 2 is 1.66 bits per heavy atom. The topological polar surface area (TPSA) is 58.6 Å². The Morgan fingerprint density at radius 3 is 2.25 bits per heavy atom. The number of benzene rings is 2. The lowest BCUT2D eigenvalue weighted by Crippen LogP contribution is -2.53. The summed E-state index contributed by atoms with van der Waals surface area (Å²) in [5.74, 6) is 0.274. The summed E-state index contributed by atoms with van der Waals surface area (Å²) in [6.07, 6.45) is 0. The number of rotatable bonds is 7. The second-order valence-corrected chi connectivity index (χ2v) is 10.5. The highest BCUT2D eigenvalue weighted by Crippen LogP contribution is 2.31. The number of nitrogens with one attached hydrogen (secondary N) is 1. The minimum atomic E-state index is -0.635. The van der Waals surface area contributed by atoms with Crippen LogP contribution in [-0.2, 0) is 21.5 Å². The summed E-state index contributed by atoms with van der Waals surface area (Å²) in [7, 11) is 0. The maximum Gasteiger partial charge on any atom is 0.261 e. The van der Waals surface area contributed by atoms with Crippen LogP contribution < -0.4 is 10.1 Å². The van der Waals surface area contributed by atoms with Gasteiger partial charge in [0, 0.05) is 12.1 Å². The number of ether oxygens (including phenoxy) is 1. The average Bonchev–Trinajstić information content (AvgIpc) is 2.68. The molecule has 2 rings (SSSR count). The highest BCUT2D eigenvalue weighted by molar-refractivity contribution is 5.88. The third kappa shape index (κ3) is 7.40. The summed E-state index contributed by atoms with van der Waals surface area (Å²) < 4.78 is 5.98. The van der Waals surface area contributed by atoms with Crippen LogP contribution in [0.4, 0.5) is 0 Å². The zero-order chi connectivity index (χ0) is 24.1. The molecule has 0 aliphatic carbocycles. The first-order valence-corrected chi connectivity index (χ1v) is 11.2. The Morgan fingerprint density at radius 1 is 1.00 bits per heavy atom. The summed E-state index contributed by atoms with van der Waals surface area (Å²) >= 11 is 0. The molecule has 0 heterocycles. The van der Waals surface area contributed by atoms with E-state index < -0.39 is 6.04 Å². The zero-order valence-electron chi connectivity index (χ0n) is 20.8. The molecule has 0 saturated carbocycles. The van der Waals surface area contributed by atoms with Crippen LogP contribution in [-0.4, -0.2) is 34.9 Å². The third-order valence-electron chi connectivity index (χ3n) is 5.15. The smallest absolute Gasteiger partial charge is 0.261 e. The van der Waals surface area contributed by atoms with Gasteiger partial charge in [-0.1, -0.05) is 68.8 Å². The molecule has 2 aromatic carbocycles. The van der Waals surface area contributed by atoms with Crippen molar-refractivity contribution in [2.75, 3.05) is 6.61 Å². The Bertz CT molecular complexity index is 938. The number of carbonyl (C=O) groups is 2. The highest BCUT2D eigenvalue weighted by atomic mass is 16.5. The van der Waals surface area contributed by atoms with Crippen molar-refractivity contribution < 1.29 is 14.3 Å². The quantitative estimate of drug-likeness (QED) is 0.662. The standard InChI is InChI=1S/C27H38N2O3/c1-19-12-11-13-21(16-19)17-29(20(2)25(31)28-27(6,7)8)24(30)18-32-23-15-10-9-14-22(23)26(3,4)5/h9-16,20H,17-18H2,1-8H3,(H,28,31). The molecule has 32 heavy (non-hydrogen) atoms. The van der Waals surface area contributed by atoms with Crippen LogP contribution in [0, 0.1) is 6.92 Å². The summed E-state index contributed by atoms with van der Waals surface area (Å²) in [6, 6.07) is 15.1. The van der Waals surface area contributed by atoms with Gasteiger partial charge in [0.25, 0.3) is 5.91 Å². The van der Waals surface area contributed by atoms with Crippen LogP contribution in [0.3, 0.4) is 0 Å². The van der Waals surface area contributed by atoms with Gasteiger partial charge in [-0.3, -0.25) is 9.59 Å². The van der Waals surface area contributed by atoms with Crippen molar-refractivity contribution in [3.8, 4) is 5.75 Å². The van der Waals surface area contributed by atoms with Crippen LogP contribution in [0.15, 0.2) is 48.5 Å². The van der Waals surface area contributed by atoms with Gasteiger partial charge in [0.05, 0.1) is 0 Å². The maximum absolute atomic E-state index is 13.3. The lowest BCUT2D eigenvalue weighted by Gasteiger charge is -2.31. The monoisotopic (exact) mass is 438 g/mol. The van der Waals surface area contributed by atoms with E-state index in [1.807, 2.05) is 76.2 Å². The minimum Gasteiger partial charge on any atom is -0.483 e. The summed E-state index contributed by atoms with van der Waals surface area (Å²) in [4.78, 5) is 27.8. The second-order valence-electron chi connectivity index (χ2n) is 10.5. The zero-order valence-corrected chi connectivity index (χ0v) is 20.8. The number of aryl methyl sites for hydroxylation is 1. The number of hydrogen-bond acceptors (Lipinski definition) is 3. The van der Waals surface area contributed by atoms with E-state index in [4.69, 9.17) is 4.74 Å². The van der Waals surface area contributed by atoms with E-state index >= 15 is 0 Å². The fraction of sp³-hybridized carbons (Fsp3) is 0.481. The van der Waals surface area contributed by atoms with Crippen molar-refractivity contribution in [2.45, 2.75) is 78.9 Å². The molecule has 0 radical (unpaired) electrons. The van der Waals surface area contributed by atoms with Gasteiger partial charge >= 0.3 is 0 Å². The van der Waals surface area contributed by atoms with Gasteiger partial charge in [0.1, 0.15) is 11.8 Å². The van der Waals surface area contributed by atoms with Gasteiger partial charge in [-0.15, -0.1) is 0 Å². The molecule has 5 heteroatoms. The Balaban J connectivity index is 2.25. The molecule has 0 aliphatic heterocycles. The normalized spacial score (nSPS) is 12.8. The summed E-state index contributed by atoms with van der Waals surface area (Å²) in [6.45, 7) is 16.1. The number of amides is 2. The summed E-state index contributed by atoms with van der Waals surface area (Å²) in [5.41, 5.74) is 2.63. The van der Waals surface area contributed by atoms with Crippen LogP contribution in [0.1, 0.15) is 65.2 Å². The van der Waals surface area contributed by atoms with Gasteiger partial charge in [-0.2, -0.15) is 0 Å². The Kier molecular flexibility index (Phi) is 8.11. The van der Waals surface area contributed by atoms with Gasteiger partial charge in [-0.05, 0) is 57.2 Å². The molecule has 2 aromatic rings. The molecule has 1 N–H and O–H groups in total. The lowest BCUT2D eigenvalue weighted by molar-refractivity contribution is -0.142. The van der Waals surface area contributed by atoms with E-state index in [1.54, 1.807) is 11.8 Å². The van der Waals surface area contributed by atoms with Gasteiger partial charge in [0.15, 0.2) is 6.61 Å². The molecule has 1 atom stereocenters. The predicted molar refractivity (Wildman–Crippen MR) is 130 cm³/mol. The van der Waals surface area contributed by atoms with E-state index in [9.17, 15) is 9.59 Å². The van der Waals surface area contributed by atoms with Crippen LogP contribution in [0.25, 0.3) is 0 Å². The molecule has 0 bridgehead atoms. The maximum atomic E-state index is 13.3. The number of hydrogen-bond donors (Lipinski definition) is 1. The first kappa shape index (κ1) is 25.4. The Labute approximate surface area is 193 Å². The molecule has 0 aliphatic rings. The Hall–Kier alpha value is -2.82. The molecule has 0 fully saturated rings. The second kappa shape index (κ2) is 10.2. The molecule has 5 nitrogen and oxygen atoms in total. The molecular weight excluding hydrogens is 400 g/mol. The number of para-hydroxylation sites is 1. The first-order chi connectivity index (χ1) is 14.8. The SMILES string of the molecule is Cc1cccc(CN(C(=O)COc2ccccc2C(C)(C)C)C(C)C(=O)NC(C)(C)C)c1. The van der Waals surface area contributed by atoms with Crippen LogP contribution in [0.2, 0.25) is 0 Å². The van der Waals surface area contributed by atoms with Gasteiger partial charge in [-0.25, -0.2) is 0 Å². The van der Waals surface area contributed by atoms with E-state index in [0.29, 0.717) is 12.3 Å². The van der Waals surface area contributed by atoms with Crippen molar-refractivity contribution in [1.82, 2.24) is 10.2 Å². The molecule has 1 unspecified atom stereocenters. The van der Waals surface area contributed by atoms with Crippen LogP contribution in [0.5, 0.6) is 5.75 Å². The molecule has 0 spiro atoms. The predicted octanol–water partition coefficient (Wildman–Crippen LogP) is 5.00. The van der Waals surface area contributed by atoms with E-state index in [-0.39, 0.29) is 29.4 Å². The van der Waals surface area contributed by atoms with Gasteiger partial charge in [0.2, 0.25) is 5.91 Å². The van der Waals surface area contributed by atoms with Gasteiger partial charge < -0.3 is 15.0 Å². The van der Waals surface area contributed by atoms with E-state index in [2.05, 4.69) is 26.1 Å². The number of carbonyl (C=O) groups excluding carboxylic acids is 2. The molecular formula is C27H38N2O3. The summed E-state index contributed by atoms with van der Waals surface area (Å²) in [5, 5.41) is 2.98. The molecule has 2 amide bonds. The van der Waals surface area contributed by atoms with Crippen molar-refractivity contribution in [2.24, 2.45) is 0 Å². The number of nitrogens with zero attached hydrogens (tertiary/aromatic N) is 1.